The van der Waals surface area contributed by atoms with Gasteiger partial charge in [0.05, 0.1) is 0 Å². The Morgan fingerprint density at radius 3 is 1.21 bits per heavy atom. The van der Waals surface area contributed by atoms with Gasteiger partial charge in [-0.2, -0.15) is 0 Å². The fourth-order valence-corrected chi connectivity index (χ4v) is 4.91. The van der Waals surface area contributed by atoms with Gasteiger partial charge in [-0.1, -0.05) is 99.1 Å². The molecule has 2 heteroatoms. The molecular weight excluding hydrogens is 404 g/mol. The average molecular weight is 437 g/mol. The van der Waals surface area contributed by atoms with Crippen molar-refractivity contribution in [1.82, 2.24) is 0 Å². The Morgan fingerprint density at radius 2 is 0.818 bits per heavy atom. The molecule has 1 unspecified atom stereocenters. The van der Waals surface area contributed by atoms with Crippen LogP contribution in [0, 0.1) is 6.92 Å². The second-order valence-electron chi connectivity index (χ2n) is 9.42. The molecule has 4 rings (SSSR count). The zero-order valence-corrected chi connectivity index (χ0v) is 19.8. The SMILES string of the molecule is CCC(c1ccc(C)cc1)(c1ccc(O)cc1)c1ccc(C(C)(C)c2ccc(O)cc2)cc1. The molecule has 0 saturated carbocycles. The normalized spacial score (nSPS) is 13.5. The second-order valence-corrected chi connectivity index (χ2v) is 9.42. The summed E-state index contributed by atoms with van der Waals surface area (Å²) in [6.07, 6.45) is 0.890. The molecule has 2 nitrogen and oxygen atoms in total. The first-order chi connectivity index (χ1) is 15.8. The third kappa shape index (κ3) is 4.14. The van der Waals surface area contributed by atoms with Crippen LogP contribution in [-0.2, 0) is 10.8 Å². The first kappa shape index (κ1) is 22.7. The number of aromatic hydroxyl groups is 2. The highest BCUT2D eigenvalue weighted by atomic mass is 16.3. The molecule has 4 aromatic carbocycles. The maximum absolute atomic E-state index is 9.91. The van der Waals surface area contributed by atoms with Gasteiger partial charge in [-0.05, 0) is 65.4 Å². The fourth-order valence-electron chi connectivity index (χ4n) is 4.91. The number of aryl methyl sites for hydroxylation is 1. The van der Waals surface area contributed by atoms with Crippen LogP contribution in [0.4, 0.5) is 0 Å². The molecule has 0 aliphatic heterocycles. The van der Waals surface area contributed by atoms with Crippen LogP contribution in [0.3, 0.4) is 0 Å². The fraction of sp³-hybridized carbons (Fsp3) is 0.226. The largest absolute Gasteiger partial charge is 0.508 e. The molecule has 0 heterocycles. The smallest absolute Gasteiger partial charge is 0.115 e. The van der Waals surface area contributed by atoms with E-state index in [0.29, 0.717) is 0 Å². The topological polar surface area (TPSA) is 40.5 Å². The van der Waals surface area contributed by atoms with Crippen molar-refractivity contribution in [3.63, 3.8) is 0 Å². The Morgan fingerprint density at radius 1 is 0.515 bits per heavy atom. The summed E-state index contributed by atoms with van der Waals surface area (Å²) in [6.45, 7) is 8.75. The Bertz CT molecular complexity index is 1150. The van der Waals surface area contributed by atoms with Crippen LogP contribution in [0.15, 0.2) is 97.1 Å². The van der Waals surface area contributed by atoms with E-state index in [9.17, 15) is 10.2 Å². The first-order valence-electron chi connectivity index (χ1n) is 11.5. The number of phenols is 2. The van der Waals surface area contributed by atoms with Gasteiger partial charge in [-0.3, -0.25) is 0 Å². The molecule has 0 bridgehead atoms. The van der Waals surface area contributed by atoms with Crippen LogP contribution in [0.5, 0.6) is 11.5 Å². The van der Waals surface area contributed by atoms with Gasteiger partial charge < -0.3 is 10.2 Å². The predicted molar refractivity (Wildman–Crippen MR) is 136 cm³/mol. The van der Waals surface area contributed by atoms with Crippen LogP contribution in [0.25, 0.3) is 0 Å². The van der Waals surface area contributed by atoms with Crippen molar-refractivity contribution < 1.29 is 10.2 Å². The number of rotatable bonds is 6. The van der Waals surface area contributed by atoms with Crippen molar-refractivity contribution >= 4 is 0 Å². The van der Waals surface area contributed by atoms with Crippen LogP contribution >= 0.6 is 0 Å². The van der Waals surface area contributed by atoms with Gasteiger partial charge in [-0.15, -0.1) is 0 Å². The molecule has 0 aliphatic rings. The van der Waals surface area contributed by atoms with E-state index in [2.05, 4.69) is 76.2 Å². The van der Waals surface area contributed by atoms with Gasteiger partial charge >= 0.3 is 0 Å². The van der Waals surface area contributed by atoms with Crippen molar-refractivity contribution in [2.45, 2.75) is 44.9 Å². The van der Waals surface area contributed by atoms with Gasteiger partial charge in [0, 0.05) is 10.8 Å². The molecule has 0 saturated heterocycles. The Labute approximate surface area is 197 Å². The van der Waals surface area contributed by atoms with Crippen molar-refractivity contribution in [2.75, 3.05) is 0 Å². The van der Waals surface area contributed by atoms with Crippen LogP contribution < -0.4 is 0 Å². The zero-order valence-electron chi connectivity index (χ0n) is 19.8. The lowest BCUT2D eigenvalue weighted by molar-refractivity contribution is 0.473. The summed E-state index contributed by atoms with van der Waals surface area (Å²) in [4.78, 5) is 0. The van der Waals surface area contributed by atoms with Crippen LogP contribution in [0.2, 0.25) is 0 Å². The molecule has 0 radical (unpaired) electrons. The van der Waals surface area contributed by atoms with Gasteiger partial charge in [-0.25, -0.2) is 0 Å². The Kier molecular flexibility index (Phi) is 6.03. The van der Waals surface area contributed by atoms with E-state index in [-0.39, 0.29) is 22.3 Å². The number of hydrogen-bond donors (Lipinski definition) is 2. The van der Waals surface area contributed by atoms with E-state index in [1.807, 2.05) is 24.3 Å². The molecule has 0 aliphatic carbocycles. The van der Waals surface area contributed by atoms with Crippen molar-refractivity contribution in [3.8, 4) is 11.5 Å². The summed E-state index contributed by atoms with van der Waals surface area (Å²) in [5, 5.41) is 19.6. The summed E-state index contributed by atoms with van der Waals surface area (Å²) in [7, 11) is 0. The molecule has 0 amide bonds. The number of phenolic OH excluding ortho intramolecular Hbond substituents is 2. The standard InChI is InChI=1S/C31H32O2/c1-5-31(25-8-6-22(2)7-9-25,27-16-20-29(33)21-17-27)26-12-10-23(11-13-26)30(3,4)24-14-18-28(32)19-15-24/h6-21,32-33H,5H2,1-4H3. The van der Waals surface area contributed by atoms with Gasteiger partial charge in [0.1, 0.15) is 11.5 Å². The molecule has 168 valence electrons. The van der Waals surface area contributed by atoms with E-state index in [4.69, 9.17) is 0 Å². The maximum atomic E-state index is 9.91. The Hall–Kier alpha value is -3.52. The van der Waals surface area contributed by atoms with E-state index < -0.39 is 0 Å². The third-order valence-corrected chi connectivity index (χ3v) is 7.12. The highest BCUT2D eigenvalue weighted by Gasteiger charge is 2.35. The quantitative estimate of drug-likeness (QED) is 0.308. The lowest BCUT2D eigenvalue weighted by atomic mass is 9.67. The molecule has 0 spiro atoms. The molecule has 1 atom stereocenters. The minimum absolute atomic E-state index is 0.191. The maximum Gasteiger partial charge on any atom is 0.115 e. The number of benzene rings is 4. The molecule has 0 aromatic heterocycles. The minimum atomic E-state index is -0.317. The molecule has 4 aromatic rings. The molecule has 33 heavy (non-hydrogen) atoms. The molecule has 2 N–H and O–H groups in total. The highest BCUT2D eigenvalue weighted by Crippen LogP contribution is 2.43. The summed E-state index contributed by atoms with van der Waals surface area (Å²) < 4.78 is 0. The second kappa shape index (κ2) is 8.78. The van der Waals surface area contributed by atoms with Crippen LogP contribution in [-0.4, -0.2) is 10.2 Å². The first-order valence-corrected chi connectivity index (χ1v) is 11.5. The highest BCUT2D eigenvalue weighted by molar-refractivity contribution is 5.53. The summed E-state index contributed by atoms with van der Waals surface area (Å²) in [5.74, 6) is 0.559. The summed E-state index contributed by atoms with van der Waals surface area (Å²) >= 11 is 0. The lowest BCUT2D eigenvalue weighted by Crippen LogP contribution is -2.29. The Balaban J connectivity index is 1.83. The van der Waals surface area contributed by atoms with Gasteiger partial charge in [0.2, 0.25) is 0 Å². The van der Waals surface area contributed by atoms with Crippen molar-refractivity contribution in [3.05, 3.63) is 130 Å². The van der Waals surface area contributed by atoms with E-state index in [1.165, 1.54) is 22.3 Å². The van der Waals surface area contributed by atoms with Gasteiger partial charge in [0.25, 0.3) is 0 Å². The minimum Gasteiger partial charge on any atom is -0.508 e. The average Bonchev–Trinajstić information content (AvgIpc) is 2.82. The van der Waals surface area contributed by atoms with Crippen molar-refractivity contribution in [1.29, 1.82) is 0 Å². The summed E-state index contributed by atoms with van der Waals surface area (Å²) in [5.41, 5.74) is 6.74. The third-order valence-electron chi connectivity index (χ3n) is 7.12. The predicted octanol–water partition coefficient (Wildman–Crippen LogP) is 7.48. The number of hydrogen-bond acceptors (Lipinski definition) is 2. The van der Waals surface area contributed by atoms with E-state index in [1.54, 1.807) is 24.3 Å². The molecule has 0 fully saturated rings. The summed E-state index contributed by atoms with van der Waals surface area (Å²) in [6, 6.07) is 32.8. The van der Waals surface area contributed by atoms with Crippen molar-refractivity contribution in [2.24, 2.45) is 0 Å². The van der Waals surface area contributed by atoms with Crippen LogP contribution in [0.1, 0.15) is 60.6 Å². The zero-order chi connectivity index (χ0) is 23.6. The molecular formula is C31H32O2. The lowest BCUT2D eigenvalue weighted by Gasteiger charge is -2.36. The monoisotopic (exact) mass is 436 g/mol. The van der Waals surface area contributed by atoms with E-state index in [0.717, 1.165) is 17.5 Å². The van der Waals surface area contributed by atoms with Gasteiger partial charge in [0.15, 0.2) is 0 Å². The van der Waals surface area contributed by atoms with E-state index >= 15 is 0 Å².